The zero-order chi connectivity index (χ0) is 12.4. The SMILES string of the molecule is CC(C(=O)N1CCCC1)n1ccnc1C(N)=S. The third-order valence-electron chi connectivity index (χ3n) is 3.08. The highest BCUT2D eigenvalue weighted by Crippen LogP contribution is 2.17. The maximum atomic E-state index is 12.2. The van der Waals surface area contributed by atoms with Gasteiger partial charge in [0.1, 0.15) is 11.0 Å². The second-order valence-electron chi connectivity index (χ2n) is 4.23. The highest BCUT2D eigenvalue weighted by atomic mass is 32.1. The Morgan fingerprint density at radius 2 is 2.18 bits per heavy atom. The second-order valence-corrected chi connectivity index (χ2v) is 4.67. The Balaban J connectivity index is 2.18. The molecule has 1 saturated heterocycles. The van der Waals surface area contributed by atoms with Crippen LogP contribution in [0.4, 0.5) is 0 Å². The normalized spacial score (nSPS) is 17.1. The van der Waals surface area contributed by atoms with Crippen LogP contribution in [0.5, 0.6) is 0 Å². The molecule has 1 aromatic rings. The van der Waals surface area contributed by atoms with Gasteiger partial charge < -0.3 is 15.2 Å². The summed E-state index contributed by atoms with van der Waals surface area (Å²) < 4.78 is 1.74. The smallest absolute Gasteiger partial charge is 0.245 e. The predicted molar refractivity (Wildman–Crippen MR) is 68.6 cm³/mol. The van der Waals surface area contributed by atoms with Crippen LogP contribution in [-0.2, 0) is 4.79 Å². The monoisotopic (exact) mass is 252 g/mol. The van der Waals surface area contributed by atoms with E-state index < -0.39 is 0 Å². The van der Waals surface area contributed by atoms with Crippen molar-refractivity contribution < 1.29 is 4.79 Å². The largest absolute Gasteiger partial charge is 0.387 e. The number of hydrogen-bond acceptors (Lipinski definition) is 3. The Hall–Kier alpha value is -1.43. The van der Waals surface area contributed by atoms with Crippen molar-refractivity contribution in [3.63, 3.8) is 0 Å². The van der Waals surface area contributed by atoms with Crippen molar-refractivity contribution >= 4 is 23.1 Å². The first-order chi connectivity index (χ1) is 8.11. The molecule has 2 rings (SSSR count). The zero-order valence-corrected chi connectivity index (χ0v) is 10.6. The average Bonchev–Trinajstić information content (AvgIpc) is 2.97. The molecule has 92 valence electrons. The lowest BCUT2D eigenvalue weighted by molar-refractivity contribution is -0.133. The van der Waals surface area contributed by atoms with Gasteiger partial charge in [0.15, 0.2) is 5.82 Å². The van der Waals surface area contributed by atoms with Crippen LogP contribution in [-0.4, -0.2) is 38.4 Å². The standard InChI is InChI=1S/C11H16N4OS/c1-8(11(16)14-5-2-3-6-14)15-7-4-13-10(15)9(12)17/h4,7-8H,2-3,5-6H2,1H3,(H2,12,17). The third-order valence-corrected chi connectivity index (χ3v) is 3.26. The summed E-state index contributed by atoms with van der Waals surface area (Å²) in [6.07, 6.45) is 5.53. The topological polar surface area (TPSA) is 64.2 Å². The number of rotatable bonds is 3. The molecule has 1 aliphatic rings. The Bertz CT molecular complexity index is 436. The van der Waals surface area contributed by atoms with Gasteiger partial charge in [-0.3, -0.25) is 4.79 Å². The van der Waals surface area contributed by atoms with Crippen molar-refractivity contribution in [2.45, 2.75) is 25.8 Å². The van der Waals surface area contributed by atoms with E-state index in [4.69, 9.17) is 18.0 Å². The molecular formula is C11H16N4OS. The van der Waals surface area contributed by atoms with Gasteiger partial charge in [0.25, 0.3) is 0 Å². The predicted octanol–water partition coefficient (Wildman–Crippen LogP) is 0.701. The molecular weight excluding hydrogens is 236 g/mol. The summed E-state index contributed by atoms with van der Waals surface area (Å²) in [5.41, 5.74) is 5.57. The molecule has 0 radical (unpaired) electrons. The van der Waals surface area contributed by atoms with E-state index in [1.807, 2.05) is 11.8 Å². The molecule has 1 amide bonds. The van der Waals surface area contributed by atoms with Crippen molar-refractivity contribution in [3.8, 4) is 0 Å². The molecule has 1 aliphatic heterocycles. The van der Waals surface area contributed by atoms with Gasteiger partial charge in [-0.2, -0.15) is 0 Å². The number of hydrogen-bond donors (Lipinski definition) is 1. The number of likely N-dealkylation sites (tertiary alicyclic amines) is 1. The number of thiocarbonyl (C=S) groups is 1. The van der Waals surface area contributed by atoms with Crippen molar-refractivity contribution in [1.29, 1.82) is 0 Å². The Kier molecular flexibility index (Phi) is 3.42. The fraction of sp³-hybridized carbons (Fsp3) is 0.545. The Morgan fingerprint density at radius 3 is 2.76 bits per heavy atom. The summed E-state index contributed by atoms with van der Waals surface area (Å²) >= 11 is 4.91. The van der Waals surface area contributed by atoms with Crippen LogP contribution in [0.3, 0.4) is 0 Å². The minimum atomic E-state index is -0.299. The molecule has 5 nitrogen and oxygen atoms in total. The Labute approximate surface area is 106 Å². The summed E-state index contributed by atoms with van der Waals surface area (Å²) in [7, 11) is 0. The van der Waals surface area contributed by atoms with Crippen LogP contribution in [0.15, 0.2) is 12.4 Å². The summed E-state index contributed by atoms with van der Waals surface area (Å²) in [5.74, 6) is 0.609. The van der Waals surface area contributed by atoms with Crippen LogP contribution in [0.25, 0.3) is 0 Å². The van der Waals surface area contributed by atoms with Gasteiger partial charge in [0.05, 0.1) is 0 Å². The first-order valence-corrected chi connectivity index (χ1v) is 6.13. The maximum Gasteiger partial charge on any atom is 0.245 e. The van der Waals surface area contributed by atoms with Crippen molar-refractivity contribution in [1.82, 2.24) is 14.5 Å². The lowest BCUT2D eigenvalue weighted by Gasteiger charge is -2.22. The molecule has 1 fully saturated rings. The average molecular weight is 252 g/mol. The van der Waals surface area contributed by atoms with Gasteiger partial charge in [-0.15, -0.1) is 0 Å². The molecule has 1 atom stereocenters. The van der Waals surface area contributed by atoms with Crippen LogP contribution < -0.4 is 5.73 Å². The van der Waals surface area contributed by atoms with Crippen LogP contribution in [0, 0.1) is 0 Å². The van der Waals surface area contributed by atoms with Gasteiger partial charge in [-0.05, 0) is 19.8 Å². The van der Waals surface area contributed by atoms with E-state index in [1.165, 1.54) is 0 Å². The molecule has 1 unspecified atom stereocenters. The summed E-state index contributed by atoms with van der Waals surface area (Å²) in [6.45, 7) is 3.55. The number of aromatic nitrogens is 2. The second kappa shape index (κ2) is 4.83. The molecule has 1 aromatic heterocycles. The van der Waals surface area contributed by atoms with E-state index >= 15 is 0 Å². The maximum absolute atomic E-state index is 12.2. The van der Waals surface area contributed by atoms with E-state index in [0.29, 0.717) is 5.82 Å². The van der Waals surface area contributed by atoms with E-state index in [9.17, 15) is 4.79 Å². The molecule has 2 heterocycles. The fourth-order valence-corrected chi connectivity index (χ4v) is 2.30. The summed E-state index contributed by atoms with van der Waals surface area (Å²) in [6, 6.07) is -0.299. The number of carbonyl (C=O) groups is 1. The molecule has 0 saturated carbocycles. The quantitative estimate of drug-likeness (QED) is 0.804. The Morgan fingerprint density at radius 1 is 1.53 bits per heavy atom. The molecule has 17 heavy (non-hydrogen) atoms. The highest BCUT2D eigenvalue weighted by Gasteiger charge is 2.25. The van der Waals surface area contributed by atoms with Crippen LogP contribution in [0.1, 0.15) is 31.6 Å². The lowest BCUT2D eigenvalue weighted by atomic mass is 10.3. The zero-order valence-electron chi connectivity index (χ0n) is 9.80. The van der Waals surface area contributed by atoms with Gasteiger partial charge in [0, 0.05) is 25.5 Å². The molecule has 0 aliphatic carbocycles. The van der Waals surface area contributed by atoms with Gasteiger partial charge in [0.2, 0.25) is 5.91 Å². The van der Waals surface area contributed by atoms with Crippen LogP contribution >= 0.6 is 12.2 Å². The number of imidazole rings is 1. The van der Waals surface area contributed by atoms with Gasteiger partial charge in [-0.25, -0.2) is 4.98 Å². The van der Waals surface area contributed by atoms with Crippen molar-refractivity contribution in [3.05, 3.63) is 18.2 Å². The first-order valence-electron chi connectivity index (χ1n) is 5.72. The molecule has 2 N–H and O–H groups in total. The van der Waals surface area contributed by atoms with Crippen molar-refractivity contribution in [2.75, 3.05) is 13.1 Å². The third kappa shape index (κ3) is 2.31. The van der Waals surface area contributed by atoms with Crippen molar-refractivity contribution in [2.24, 2.45) is 5.73 Å². The minimum absolute atomic E-state index is 0.109. The van der Waals surface area contributed by atoms with Crippen LogP contribution in [0.2, 0.25) is 0 Å². The van der Waals surface area contributed by atoms with E-state index in [0.717, 1.165) is 25.9 Å². The lowest BCUT2D eigenvalue weighted by Crippen LogP contribution is -2.35. The molecule has 6 heteroatoms. The summed E-state index contributed by atoms with van der Waals surface area (Å²) in [4.78, 5) is 18.4. The fourth-order valence-electron chi connectivity index (χ4n) is 2.14. The van der Waals surface area contributed by atoms with Gasteiger partial charge in [-0.1, -0.05) is 12.2 Å². The highest BCUT2D eigenvalue weighted by molar-refractivity contribution is 7.80. The van der Waals surface area contributed by atoms with E-state index in [1.54, 1.807) is 17.0 Å². The number of nitrogens with zero attached hydrogens (tertiary/aromatic N) is 3. The van der Waals surface area contributed by atoms with E-state index in [-0.39, 0.29) is 16.9 Å². The van der Waals surface area contributed by atoms with E-state index in [2.05, 4.69) is 4.98 Å². The first kappa shape index (κ1) is 12.0. The number of carbonyl (C=O) groups excluding carboxylic acids is 1. The number of amides is 1. The molecule has 0 bridgehead atoms. The molecule has 0 spiro atoms. The minimum Gasteiger partial charge on any atom is -0.387 e. The summed E-state index contributed by atoms with van der Waals surface area (Å²) in [5, 5.41) is 0. The van der Waals surface area contributed by atoms with Gasteiger partial charge >= 0.3 is 0 Å². The molecule has 0 aromatic carbocycles. The number of nitrogens with two attached hydrogens (primary N) is 1.